The Balaban J connectivity index is 1.38. The molecule has 0 heterocycles. The van der Waals surface area contributed by atoms with Crippen LogP contribution in [0.3, 0.4) is 0 Å². The number of thioether (sulfide) groups is 1. The van der Waals surface area contributed by atoms with E-state index in [1.165, 1.54) is 10.5 Å². The van der Waals surface area contributed by atoms with Crippen LogP contribution in [-0.4, -0.2) is 12.0 Å². The highest BCUT2D eigenvalue weighted by Crippen LogP contribution is 2.27. The Bertz CT molecular complexity index is 1140. The largest absolute Gasteiger partial charge is 0.480 e. The summed E-state index contributed by atoms with van der Waals surface area (Å²) in [6.07, 6.45) is 0.0278. The zero-order chi connectivity index (χ0) is 21.5. The molecule has 3 nitrogen and oxygen atoms in total. The van der Waals surface area contributed by atoms with Gasteiger partial charge in [-0.05, 0) is 47.7 Å². The Labute approximate surface area is 187 Å². The maximum Gasteiger partial charge on any atom is 0.265 e. The van der Waals surface area contributed by atoms with Crippen molar-refractivity contribution >= 4 is 34.1 Å². The Morgan fingerprint density at radius 2 is 1.58 bits per heavy atom. The van der Waals surface area contributed by atoms with E-state index < -0.39 is 6.10 Å². The number of rotatable bonds is 8. The summed E-state index contributed by atoms with van der Waals surface area (Å²) in [4.78, 5) is 14.1. The summed E-state index contributed by atoms with van der Waals surface area (Å²) < 4.78 is 6.11. The number of ether oxygens (including phenoxy) is 1. The lowest BCUT2D eigenvalue weighted by Gasteiger charge is -2.18. The highest BCUT2D eigenvalue weighted by Gasteiger charge is 2.19. The Kier molecular flexibility index (Phi) is 6.90. The van der Waals surface area contributed by atoms with Gasteiger partial charge in [0.15, 0.2) is 6.10 Å². The first kappa shape index (κ1) is 21.0. The van der Waals surface area contributed by atoms with Gasteiger partial charge in [0, 0.05) is 21.7 Å². The zero-order valence-corrected chi connectivity index (χ0v) is 18.3. The van der Waals surface area contributed by atoms with E-state index in [0.717, 1.165) is 28.0 Å². The molecular formula is C27H25NO2S. The van der Waals surface area contributed by atoms with Gasteiger partial charge in [-0.15, -0.1) is 11.8 Å². The molecular weight excluding hydrogens is 402 g/mol. The van der Waals surface area contributed by atoms with Crippen LogP contribution in [0.5, 0.6) is 5.75 Å². The summed E-state index contributed by atoms with van der Waals surface area (Å²) in [5, 5.41) is 5.10. The zero-order valence-electron chi connectivity index (χ0n) is 17.5. The van der Waals surface area contributed by atoms with E-state index in [0.29, 0.717) is 6.42 Å². The molecule has 0 aliphatic carbocycles. The molecule has 156 valence electrons. The van der Waals surface area contributed by atoms with Gasteiger partial charge in [-0.25, -0.2) is 0 Å². The number of nitrogens with one attached hydrogen (secondary N) is 1. The maximum atomic E-state index is 12.8. The number of amides is 1. The first-order chi connectivity index (χ1) is 15.2. The second kappa shape index (κ2) is 10.2. The van der Waals surface area contributed by atoms with E-state index in [-0.39, 0.29) is 5.91 Å². The number of hydrogen-bond acceptors (Lipinski definition) is 3. The quantitative estimate of drug-likeness (QED) is 0.310. The Morgan fingerprint density at radius 3 is 2.35 bits per heavy atom. The minimum atomic E-state index is -0.556. The fourth-order valence-corrected chi connectivity index (χ4v) is 4.24. The van der Waals surface area contributed by atoms with Gasteiger partial charge in [-0.3, -0.25) is 4.79 Å². The molecule has 0 aliphatic rings. The molecule has 0 saturated carbocycles. The number of benzene rings is 4. The lowest BCUT2D eigenvalue weighted by atomic mass is 10.1. The van der Waals surface area contributed by atoms with Crippen molar-refractivity contribution in [3.8, 4) is 5.75 Å². The van der Waals surface area contributed by atoms with Crippen LogP contribution in [0.2, 0.25) is 0 Å². The van der Waals surface area contributed by atoms with Crippen LogP contribution in [0.25, 0.3) is 10.8 Å². The van der Waals surface area contributed by atoms with Crippen molar-refractivity contribution < 1.29 is 9.53 Å². The van der Waals surface area contributed by atoms with E-state index in [1.807, 2.05) is 79.7 Å². The van der Waals surface area contributed by atoms with Crippen molar-refractivity contribution in [2.75, 3.05) is 5.32 Å². The summed E-state index contributed by atoms with van der Waals surface area (Å²) >= 11 is 1.80. The van der Waals surface area contributed by atoms with Crippen LogP contribution in [0.4, 0.5) is 5.69 Å². The van der Waals surface area contributed by atoms with Crippen LogP contribution >= 0.6 is 11.8 Å². The molecule has 1 unspecified atom stereocenters. The molecule has 0 bridgehead atoms. The maximum absolute atomic E-state index is 12.8. The molecule has 1 N–H and O–H groups in total. The van der Waals surface area contributed by atoms with Gasteiger partial charge in [0.1, 0.15) is 5.75 Å². The van der Waals surface area contributed by atoms with Gasteiger partial charge in [-0.2, -0.15) is 0 Å². The predicted molar refractivity (Wildman–Crippen MR) is 130 cm³/mol. The van der Waals surface area contributed by atoms with Gasteiger partial charge in [0.05, 0.1) is 0 Å². The number of anilines is 1. The smallest absolute Gasteiger partial charge is 0.265 e. The van der Waals surface area contributed by atoms with Crippen molar-refractivity contribution in [2.24, 2.45) is 0 Å². The van der Waals surface area contributed by atoms with Gasteiger partial charge >= 0.3 is 0 Å². The van der Waals surface area contributed by atoms with Gasteiger partial charge in [-0.1, -0.05) is 73.7 Å². The van der Waals surface area contributed by atoms with Crippen molar-refractivity contribution in [3.63, 3.8) is 0 Å². The van der Waals surface area contributed by atoms with E-state index in [1.54, 1.807) is 11.8 Å². The molecule has 1 amide bonds. The second-order valence-electron chi connectivity index (χ2n) is 7.28. The minimum absolute atomic E-state index is 0.137. The molecule has 0 spiro atoms. The second-order valence-corrected chi connectivity index (χ2v) is 8.33. The van der Waals surface area contributed by atoms with Gasteiger partial charge in [0.2, 0.25) is 0 Å². The summed E-state index contributed by atoms with van der Waals surface area (Å²) in [6, 6.07) is 32.3. The van der Waals surface area contributed by atoms with Crippen LogP contribution in [-0.2, 0) is 10.5 Å². The molecule has 4 heteroatoms. The highest BCUT2D eigenvalue weighted by atomic mass is 32.2. The molecule has 0 aliphatic heterocycles. The molecule has 1 atom stereocenters. The van der Waals surface area contributed by atoms with Crippen molar-refractivity contribution in [1.82, 2.24) is 0 Å². The van der Waals surface area contributed by atoms with E-state index >= 15 is 0 Å². The van der Waals surface area contributed by atoms with Crippen molar-refractivity contribution in [2.45, 2.75) is 30.1 Å². The number of fused-ring (bicyclic) bond motifs is 1. The van der Waals surface area contributed by atoms with E-state index in [4.69, 9.17) is 4.74 Å². The highest BCUT2D eigenvalue weighted by molar-refractivity contribution is 7.98. The number of hydrogen-bond donors (Lipinski definition) is 1. The molecule has 4 aromatic rings. The summed E-state index contributed by atoms with van der Waals surface area (Å²) in [5.74, 6) is 1.48. The summed E-state index contributed by atoms with van der Waals surface area (Å²) in [7, 11) is 0. The first-order valence-corrected chi connectivity index (χ1v) is 11.4. The van der Waals surface area contributed by atoms with E-state index in [2.05, 4.69) is 29.6 Å². The average Bonchev–Trinajstić information content (AvgIpc) is 2.82. The average molecular weight is 428 g/mol. The van der Waals surface area contributed by atoms with Crippen molar-refractivity contribution in [1.29, 1.82) is 0 Å². The van der Waals surface area contributed by atoms with E-state index in [9.17, 15) is 4.79 Å². The molecule has 0 radical (unpaired) electrons. The van der Waals surface area contributed by atoms with Crippen LogP contribution in [0.1, 0.15) is 18.9 Å². The van der Waals surface area contributed by atoms with Crippen LogP contribution < -0.4 is 10.1 Å². The standard InChI is InChI=1S/C27H25NO2S/c1-2-25(30-26-14-8-10-21-9-6-7-13-24(21)26)27(29)28-22-17-15-20(16-18-22)19-31-23-11-4-3-5-12-23/h3-18,25H,2,19H2,1H3,(H,28,29). The Hall–Kier alpha value is -3.24. The molecule has 4 aromatic carbocycles. The van der Waals surface area contributed by atoms with Crippen molar-refractivity contribution in [3.05, 3.63) is 103 Å². The predicted octanol–water partition coefficient (Wildman–Crippen LogP) is 6.93. The van der Waals surface area contributed by atoms with Crippen LogP contribution in [0, 0.1) is 0 Å². The van der Waals surface area contributed by atoms with Gasteiger partial charge < -0.3 is 10.1 Å². The number of carbonyl (C=O) groups excluding carboxylic acids is 1. The fourth-order valence-electron chi connectivity index (χ4n) is 3.36. The lowest BCUT2D eigenvalue weighted by molar-refractivity contribution is -0.122. The normalized spacial score (nSPS) is 11.8. The SMILES string of the molecule is CCC(Oc1cccc2ccccc12)C(=O)Nc1ccc(CSc2ccccc2)cc1. The molecule has 4 rings (SSSR count). The number of carbonyl (C=O) groups is 1. The topological polar surface area (TPSA) is 38.3 Å². The summed E-state index contributed by atoms with van der Waals surface area (Å²) in [5.41, 5.74) is 1.99. The third-order valence-corrected chi connectivity index (χ3v) is 6.14. The third kappa shape index (κ3) is 5.47. The summed E-state index contributed by atoms with van der Waals surface area (Å²) in [6.45, 7) is 1.96. The minimum Gasteiger partial charge on any atom is -0.480 e. The molecule has 0 aromatic heterocycles. The molecule has 31 heavy (non-hydrogen) atoms. The lowest BCUT2D eigenvalue weighted by Crippen LogP contribution is -2.32. The van der Waals surface area contributed by atoms with Crippen LogP contribution in [0.15, 0.2) is 102 Å². The first-order valence-electron chi connectivity index (χ1n) is 10.4. The Morgan fingerprint density at radius 1 is 0.871 bits per heavy atom. The monoisotopic (exact) mass is 427 g/mol. The molecule has 0 fully saturated rings. The molecule has 0 saturated heterocycles. The van der Waals surface area contributed by atoms with Gasteiger partial charge in [0.25, 0.3) is 5.91 Å². The third-order valence-electron chi connectivity index (χ3n) is 5.05. The fraction of sp³-hybridized carbons (Fsp3) is 0.148.